The Morgan fingerprint density at radius 3 is 1.69 bits per heavy atom. The Morgan fingerprint density at radius 2 is 1.44 bits per heavy atom. The van der Waals surface area contributed by atoms with Gasteiger partial charge in [0.1, 0.15) is 11.8 Å². The fourth-order valence-corrected chi connectivity index (χ4v) is 2.74. The Hall–Kier alpha value is -1.10. The lowest BCUT2D eigenvalue weighted by atomic mass is 10.1. The van der Waals surface area contributed by atoms with Crippen LogP contribution in [0.3, 0.4) is 0 Å². The van der Waals surface area contributed by atoms with Gasteiger partial charge in [-0.1, -0.05) is 0 Å². The molecule has 0 N–H and O–H groups in total. The van der Waals surface area contributed by atoms with Crippen molar-refractivity contribution in [2.24, 2.45) is 17.8 Å². The van der Waals surface area contributed by atoms with Crippen molar-refractivity contribution in [3.63, 3.8) is 0 Å². The van der Waals surface area contributed by atoms with Crippen LogP contribution in [0.15, 0.2) is 0 Å². The maximum Gasteiger partial charge on any atom is 0.312 e. The van der Waals surface area contributed by atoms with Gasteiger partial charge in [0.25, 0.3) is 0 Å². The highest BCUT2D eigenvalue weighted by Gasteiger charge is 2.78. The van der Waals surface area contributed by atoms with Gasteiger partial charge in [-0.3, -0.25) is 9.59 Å². The number of hydrogen-bond donors (Lipinski definition) is 0. The van der Waals surface area contributed by atoms with Gasteiger partial charge in [-0.05, 0) is 18.8 Å². The molecule has 0 aliphatic heterocycles. The molecule has 2 atom stereocenters. The van der Waals surface area contributed by atoms with Crippen LogP contribution in [0.2, 0.25) is 0 Å². The predicted molar refractivity (Wildman–Crippen MR) is 53.5 cm³/mol. The molecule has 0 aromatic heterocycles. The third kappa shape index (κ3) is 1.34. The van der Waals surface area contributed by atoms with Crippen LogP contribution in [0.4, 0.5) is 0 Å². The number of carbonyl (C=O) groups is 2. The molecule has 0 heterocycles. The van der Waals surface area contributed by atoms with E-state index in [4.69, 9.17) is 14.2 Å². The molecule has 2 rings (SSSR count). The molecule has 2 aliphatic rings. The second-order valence-corrected chi connectivity index (χ2v) is 4.33. The zero-order valence-electron chi connectivity index (χ0n) is 9.69. The number of carbonyl (C=O) groups excluding carboxylic acids is 2. The van der Waals surface area contributed by atoms with E-state index in [-0.39, 0.29) is 17.9 Å². The molecule has 16 heavy (non-hydrogen) atoms. The van der Waals surface area contributed by atoms with E-state index < -0.39 is 17.4 Å². The van der Waals surface area contributed by atoms with Crippen molar-refractivity contribution in [2.75, 3.05) is 21.3 Å². The van der Waals surface area contributed by atoms with E-state index >= 15 is 0 Å². The fourth-order valence-electron chi connectivity index (χ4n) is 2.74. The molecule has 5 heteroatoms. The van der Waals surface area contributed by atoms with Gasteiger partial charge < -0.3 is 14.2 Å². The normalized spacial score (nSPS) is 36.7. The molecule has 0 aromatic rings. The van der Waals surface area contributed by atoms with Gasteiger partial charge in [0, 0.05) is 7.11 Å². The maximum absolute atomic E-state index is 11.6. The van der Waals surface area contributed by atoms with Crippen molar-refractivity contribution in [3.8, 4) is 0 Å². The Kier molecular flexibility index (Phi) is 2.66. The molecule has 2 fully saturated rings. The first-order chi connectivity index (χ1) is 7.63. The molecule has 90 valence electrons. The number of esters is 2. The average Bonchev–Trinajstić information content (AvgIpc) is 3.16. The first-order valence-electron chi connectivity index (χ1n) is 5.34. The Bertz CT molecular complexity index is 298. The van der Waals surface area contributed by atoms with Gasteiger partial charge in [0.05, 0.1) is 19.8 Å². The van der Waals surface area contributed by atoms with E-state index in [1.54, 1.807) is 0 Å². The summed E-state index contributed by atoms with van der Waals surface area (Å²) in [6, 6.07) is 0. The average molecular weight is 228 g/mol. The number of hydrogen-bond acceptors (Lipinski definition) is 5. The molecule has 0 radical (unpaired) electrons. The first kappa shape index (κ1) is 11.4. The Morgan fingerprint density at radius 1 is 1.00 bits per heavy atom. The molecule has 0 aromatic carbocycles. The van der Waals surface area contributed by atoms with Crippen molar-refractivity contribution < 1.29 is 23.8 Å². The molecule has 0 bridgehead atoms. The van der Waals surface area contributed by atoms with Crippen LogP contribution in [-0.2, 0) is 23.8 Å². The van der Waals surface area contributed by atoms with Crippen LogP contribution in [0.25, 0.3) is 0 Å². The lowest BCUT2D eigenvalue weighted by Gasteiger charge is -2.14. The third-order valence-electron chi connectivity index (χ3n) is 3.68. The van der Waals surface area contributed by atoms with Gasteiger partial charge in [0.2, 0.25) is 0 Å². The molecule has 0 amide bonds. The summed E-state index contributed by atoms with van der Waals surface area (Å²) in [5.41, 5.74) is -0.666. The Labute approximate surface area is 94.0 Å². The fraction of sp³-hybridized carbons (Fsp3) is 0.818. The smallest absolute Gasteiger partial charge is 0.312 e. The minimum atomic E-state index is -0.666. The van der Waals surface area contributed by atoms with Gasteiger partial charge >= 0.3 is 11.9 Å². The molecule has 5 nitrogen and oxygen atoms in total. The first-order valence-corrected chi connectivity index (χ1v) is 5.34. The largest absolute Gasteiger partial charge is 0.469 e. The van der Waals surface area contributed by atoms with E-state index in [1.807, 2.05) is 0 Å². The van der Waals surface area contributed by atoms with Gasteiger partial charge in [-0.15, -0.1) is 0 Å². The molecular formula is C11H16O5. The maximum atomic E-state index is 11.6. The number of rotatable bonds is 4. The van der Waals surface area contributed by atoms with Crippen LogP contribution < -0.4 is 0 Å². The highest BCUT2D eigenvalue weighted by atomic mass is 16.6. The minimum absolute atomic E-state index is 0.283. The van der Waals surface area contributed by atoms with Crippen LogP contribution in [0, 0.1) is 17.8 Å². The number of ether oxygens (including phenoxy) is 3. The lowest BCUT2D eigenvalue weighted by molar-refractivity contribution is -0.148. The van der Waals surface area contributed by atoms with Crippen molar-refractivity contribution >= 4 is 11.9 Å². The summed E-state index contributed by atoms with van der Waals surface area (Å²) >= 11 is 0. The molecular weight excluding hydrogens is 212 g/mol. The van der Waals surface area contributed by atoms with Gasteiger partial charge in [0.15, 0.2) is 0 Å². The highest BCUT2D eigenvalue weighted by molar-refractivity contribution is 5.91. The second kappa shape index (κ2) is 3.73. The third-order valence-corrected chi connectivity index (χ3v) is 3.68. The standard InChI is InChI=1S/C11H16O5/c1-14-9(12)7-8(10(13)15-2)11(7,16-3)6-4-5-6/h6-8H,4-5H2,1-3H3/t7-,8-/m0/s1. The lowest BCUT2D eigenvalue weighted by Crippen LogP contribution is -2.25. The van der Waals surface area contributed by atoms with Crippen molar-refractivity contribution in [1.82, 2.24) is 0 Å². The van der Waals surface area contributed by atoms with Crippen molar-refractivity contribution in [1.29, 1.82) is 0 Å². The number of methoxy groups -OCH3 is 3. The van der Waals surface area contributed by atoms with Gasteiger partial charge in [-0.25, -0.2) is 0 Å². The van der Waals surface area contributed by atoms with E-state index in [9.17, 15) is 9.59 Å². The van der Waals surface area contributed by atoms with E-state index in [0.717, 1.165) is 12.8 Å². The Balaban J connectivity index is 2.22. The van der Waals surface area contributed by atoms with Crippen LogP contribution >= 0.6 is 0 Å². The van der Waals surface area contributed by atoms with Crippen molar-refractivity contribution in [3.05, 3.63) is 0 Å². The summed E-state index contributed by atoms with van der Waals surface area (Å²) in [6.07, 6.45) is 1.99. The van der Waals surface area contributed by atoms with E-state index in [0.29, 0.717) is 0 Å². The van der Waals surface area contributed by atoms with Crippen LogP contribution in [0.5, 0.6) is 0 Å². The zero-order chi connectivity index (χ0) is 11.9. The van der Waals surface area contributed by atoms with E-state index in [1.165, 1.54) is 21.3 Å². The summed E-state index contributed by atoms with van der Waals surface area (Å²) in [6.45, 7) is 0. The minimum Gasteiger partial charge on any atom is -0.469 e. The van der Waals surface area contributed by atoms with Crippen LogP contribution in [-0.4, -0.2) is 38.9 Å². The summed E-state index contributed by atoms with van der Waals surface area (Å²) in [4.78, 5) is 23.2. The van der Waals surface area contributed by atoms with Gasteiger partial charge in [-0.2, -0.15) is 0 Å². The molecule has 0 spiro atoms. The summed E-state index contributed by atoms with van der Waals surface area (Å²) in [7, 11) is 4.18. The molecule has 0 saturated heterocycles. The zero-order valence-corrected chi connectivity index (χ0v) is 9.69. The summed E-state index contributed by atoms with van der Waals surface area (Å²) < 4.78 is 14.9. The predicted octanol–water partition coefficient (Wildman–Crippen LogP) is 0.374. The molecule has 0 unspecified atom stereocenters. The molecule has 2 saturated carbocycles. The van der Waals surface area contributed by atoms with E-state index in [2.05, 4.69) is 0 Å². The molecule has 2 aliphatic carbocycles. The van der Waals surface area contributed by atoms with Crippen LogP contribution in [0.1, 0.15) is 12.8 Å². The quantitative estimate of drug-likeness (QED) is 0.651. The topological polar surface area (TPSA) is 61.8 Å². The van der Waals surface area contributed by atoms with Crippen molar-refractivity contribution in [2.45, 2.75) is 18.4 Å². The summed E-state index contributed by atoms with van der Waals surface area (Å²) in [5.74, 6) is -1.48. The second-order valence-electron chi connectivity index (χ2n) is 4.33. The SMILES string of the molecule is COC(=O)[C@@H]1[C@@H](C(=O)OC)C1(OC)C1CC1. The highest BCUT2D eigenvalue weighted by Crippen LogP contribution is 2.65. The summed E-state index contributed by atoms with van der Waals surface area (Å²) in [5, 5.41) is 0. The monoisotopic (exact) mass is 228 g/mol.